The van der Waals surface area contributed by atoms with Crippen LogP contribution in [0, 0.1) is 0 Å². The maximum absolute atomic E-state index is 11.5. The molecular formula is C10H9Cl2NO2. The Morgan fingerprint density at radius 2 is 2.07 bits per heavy atom. The number of hydrogen-bond acceptors (Lipinski definition) is 2. The van der Waals surface area contributed by atoms with E-state index >= 15 is 0 Å². The van der Waals surface area contributed by atoms with Gasteiger partial charge in [0.2, 0.25) is 5.24 Å². The third-order valence-electron chi connectivity index (χ3n) is 1.69. The summed E-state index contributed by atoms with van der Waals surface area (Å²) in [5.74, 6) is -0.268. The molecule has 1 N–H and O–H groups in total. The van der Waals surface area contributed by atoms with E-state index < -0.39 is 5.24 Å². The number of nitrogens with one attached hydrogen (secondary N) is 1. The number of carbonyl (C=O) groups is 2. The molecule has 0 aliphatic carbocycles. The van der Waals surface area contributed by atoms with E-state index in [-0.39, 0.29) is 18.9 Å². The minimum Gasteiger partial charge on any atom is -0.352 e. The molecule has 1 rings (SSSR count). The molecule has 0 spiro atoms. The Labute approximate surface area is 97.4 Å². The van der Waals surface area contributed by atoms with Crippen LogP contribution in [0.2, 0.25) is 5.02 Å². The van der Waals surface area contributed by atoms with Gasteiger partial charge in [-0.1, -0.05) is 17.7 Å². The summed E-state index contributed by atoms with van der Waals surface area (Å²) in [4.78, 5) is 21.9. The highest BCUT2D eigenvalue weighted by Gasteiger charge is 2.05. The van der Waals surface area contributed by atoms with Crippen LogP contribution >= 0.6 is 23.2 Å². The molecule has 0 fully saturated rings. The molecule has 0 unspecified atom stereocenters. The lowest BCUT2D eigenvalue weighted by Gasteiger charge is -2.03. The van der Waals surface area contributed by atoms with Crippen LogP contribution in [0.1, 0.15) is 16.8 Å². The van der Waals surface area contributed by atoms with Gasteiger partial charge in [0, 0.05) is 23.6 Å². The molecule has 1 amide bonds. The summed E-state index contributed by atoms with van der Waals surface area (Å²) in [6, 6.07) is 6.56. The lowest BCUT2D eigenvalue weighted by atomic mass is 10.2. The van der Waals surface area contributed by atoms with Crippen molar-refractivity contribution in [3.63, 3.8) is 0 Å². The van der Waals surface area contributed by atoms with Crippen LogP contribution < -0.4 is 5.32 Å². The molecule has 0 aliphatic rings. The first-order valence-electron chi connectivity index (χ1n) is 4.31. The van der Waals surface area contributed by atoms with E-state index in [0.717, 1.165) is 0 Å². The highest BCUT2D eigenvalue weighted by atomic mass is 35.5. The summed E-state index contributed by atoms with van der Waals surface area (Å²) in [6.45, 7) is 0.230. The largest absolute Gasteiger partial charge is 0.352 e. The third kappa shape index (κ3) is 4.32. The molecule has 1 aromatic carbocycles. The molecule has 15 heavy (non-hydrogen) atoms. The van der Waals surface area contributed by atoms with Crippen molar-refractivity contribution in [2.24, 2.45) is 0 Å². The van der Waals surface area contributed by atoms with Crippen molar-refractivity contribution in [3.05, 3.63) is 34.9 Å². The van der Waals surface area contributed by atoms with E-state index in [1.165, 1.54) is 0 Å². The fourth-order valence-corrected chi connectivity index (χ4v) is 1.29. The number of rotatable bonds is 4. The average molecular weight is 246 g/mol. The van der Waals surface area contributed by atoms with Gasteiger partial charge in [0.15, 0.2) is 0 Å². The quantitative estimate of drug-likeness (QED) is 0.828. The lowest BCUT2D eigenvalue weighted by Crippen LogP contribution is -2.25. The zero-order valence-electron chi connectivity index (χ0n) is 7.80. The maximum Gasteiger partial charge on any atom is 0.251 e. The van der Waals surface area contributed by atoms with Gasteiger partial charge >= 0.3 is 0 Å². The van der Waals surface area contributed by atoms with Crippen LogP contribution in [-0.2, 0) is 4.79 Å². The molecule has 80 valence electrons. The Balaban J connectivity index is 2.50. The standard InChI is InChI=1S/C10H9Cl2NO2/c11-8-3-1-2-7(6-8)10(15)13-5-4-9(12)14/h1-3,6H,4-5H2,(H,13,15). The summed E-state index contributed by atoms with van der Waals surface area (Å²) < 4.78 is 0. The molecule has 1 aromatic rings. The predicted molar refractivity (Wildman–Crippen MR) is 59.3 cm³/mol. The van der Waals surface area contributed by atoms with Crippen LogP contribution in [0.15, 0.2) is 24.3 Å². The van der Waals surface area contributed by atoms with Gasteiger partial charge in [-0.2, -0.15) is 0 Å². The van der Waals surface area contributed by atoms with E-state index in [9.17, 15) is 9.59 Å². The fourth-order valence-electron chi connectivity index (χ4n) is 1.01. The summed E-state index contributed by atoms with van der Waals surface area (Å²) in [5.41, 5.74) is 0.463. The molecule has 3 nitrogen and oxygen atoms in total. The first-order chi connectivity index (χ1) is 7.09. The SMILES string of the molecule is O=C(Cl)CCNC(=O)c1cccc(Cl)c1. The normalized spacial score (nSPS) is 9.73. The van der Waals surface area contributed by atoms with Crippen LogP contribution in [0.3, 0.4) is 0 Å². The zero-order valence-corrected chi connectivity index (χ0v) is 9.31. The minimum absolute atomic E-state index is 0.119. The second-order valence-electron chi connectivity index (χ2n) is 2.87. The molecular weight excluding hydrogens is 237 g/mol. The van der Waals surface area contributed by atoms with Gasteiger partial charge in [-0.15, -0.1) is 0 Å². The van der Waals surface area contributed by atoms with Gasteiger partial charge in [-0.3, -0.25) is 9.59 Å². The van der Waals surface area contributed by atoms with Crippen LogP contribution in [0.25, 0.3) is 0 Å². The summed E-state index contributed by atoms with van der Waals surface area (Å²) in [6.07, 6.45) is 0.119. The zero-order chi connectivity index (χ0) is 11.3. The topological polar surface area (TPSA) is 46.2 Å². The van der Waals surface area contributed by atoms with E-state index in [0.29, 0.717) is 10.6 Å². The molecule has 0 aliphatic heterocycles. The Hall–Kier alpha value is -1.06. The van der Waals surface area contributed by atoms with Gasteiger partial charge in [-0.05, 0) is 29.8 Å². The number of halogens is 2. The average Bonchev–Trinajstić information content (AvgIpc) is 2.17. The van der Waals surface area contributed by atoms with Gasteiger partial charge in [-0.25, -0.2) is 0 Å². The molecule has 0 aromatic heterocycles. The Morgan fingerprint density at radius 1 is 1.33 bits per heavy atom. The summed E-state index contributed by atoms with van der Waals surface area (Å²) in [5, 5.41) is 2.58. The van der Waals surface area contributed by atoms with Crippen molar-refractivity contribution in [2.75, 3.05) is 6.54 Å². The van der Waals surface area contributed by atoms with Gasteiger partial charge in [0.1, 0.15) is 0 Å². The predicted octanol–water partition coefficient (Wildman–Crippen LogP) is 2.23. The highest BCUT2D eigenvalue weighted by Crippen LogP contribution is 2.10. The molecule has 0 heterocycles. The number of carbonyl (C=O) groups excluding carboxylic acids is 2. The van der Waals surface area contributed by atoms with Gasteiger partial charge in [0.25, 0.3) is 5.91 Å². The second kappa shape index (κ2) is 5.73. The van der Waals surface area contributed by atoms with Crippen LogP contribution in [0.5, 0.6) is 0 Å². The molecule has 0 atom stereocenters. The molecule has 0 radical (unpaired) electrons. The number of amides is 1. The first kappa shape index (κ1) is 12.0. The fraction of sp³-hybridized carbons (Fsp3) is 0.200. The monoisotopic (exact) mass is 245 g/mol. The van der Waals surface area contributed by atoms with Crippen molar-refractivity contribution < 1.29 is 9.59 Å². The number of benzene rings is 1. The number of hydrogen-bond donors (Lipinski definition) is 1. The smallest absolute Gasteiger partial charge is 0.251 e. The van der Waals surface area contributed by atoms with E-state index in [2.05, 4.69) is 5.32 Å². The van der Waals surface area contributed by atoms with Gasteiger partial charge in [0.05, 0.1) is 0 Å². The Kier molecular flexibility index (Phi) is 4.59. The molecule has 0 saturated carbocycles. The van der Waals surface area contributed by atoms with Crippen molar-refractivity contribution in [3.8, 4) is 0 Å². The van der Waals surface area contributed by atoms with E-state index in [4.69, 9.17) is 23.2 Å². The Morgan fingerprint density at radius 3 is 2.67 bits per heavy atom. The highest BCUT2D eigenvalue weighted by molar-refractivity contribution is 6.63. The van der Waals surface area contributed by atoms with E-state index in [1.807, 2.05) is 0 Å². The van der Waals surface area contributed by atoms with Crippen molar-refractivity contribution in [1.82, 2.24) is 5.32 Å². The molecule has 0 bridgehead atoms. The van der Waals surface area contributed by atoms with Crippen molar-refractivity contribution >= 4 is 34.4 Å². The third-order valence-corrected chi connectivity index (χ3v) is 2.12. The maximum atomic E-state index is 11.5. The van der Waals surface area contributed by atoms with Gasteiger partial charge < -0.3 is 5.32 Å². The van der Waals surface area contributed by atoms with Crippen molar-refractivity contribution in [2.45, 2.75) is 6.42 Å². The van der Waals surface area contributed by atoms with Crippen LogP contribution in [0.4, 0.5) is 0 Å². The minimum atomic E-state index is -0.471. The first-order valence-corrected chi connectivity index (χ1v) is 5.07. The molecule has 0 saturated heterocycles. The van der Waals surface area contributed by atoms with E-state index in [1.54, 1.807) is 24.3 Å². The Bertz CT molecular complexity index is 379. The molecule has 5 heteroatoms. The van der Waals surface area contributed by atoms with Crippen LogP contribution in [-0.4, -0.2) is 17.7 Å². The van der Waals surface area contributed by atoms with Crippen molar-refractivity contribution in [1.29, 1.82) is 0 Å². The second-order valence-corrected chi connectivity index (χ2v) is 3.73. The summed E-state index contributed by atoms with van der Waals surface area (Å²) in [7, 11) is 0. The summed E-state index contributed by atoms with van der Waals surface area (Å²) >= 11 is 10.8. The lowest BCUT2D eigenvalue weighted by molar-refractivity contribution is -0.111.